The summed E-state index contributed by atoms with van der Waals surface area (Å²) in [4.78, 5) is 25.3. The van der Waals surface area contributed by atoms with Crippen molar-refractivity contribution >= 4 is 39.6 Å². The van der Waals surface area contributed by atoms with Gasteiger partial charge in [-0.25, -0.2) is 19.3 Å². The van der Waals surface area contributed by atoms with Gasteiger partial charge in [0, 0.05) is 24.2 Å². The van der Waals surface area contributed by atoms with Crippen molar-refractivity contribution in [3.63, 3.8) is 0 Å². The zero-order chi connectivity index (χ0) is 20.5. The third kappa shape index (κ3) is 3.88. The molecule has 1 N–H and O–H groups in total. The Morgan fingerprint density at radius 2 is 2.07 bits per heavy atom. The maximum atomic E-state index is 14.5. The first-order chi connectivity index (χ1) is 13.9. The van der Waals surface area contributed by atoms with Crippen molar-refractivity contribution in [2.45, 2.75) is 18.6 Å². The van der Waals surface area contributed by atoms with Gasteiger partial charge in [-0.15, -0.1) is 0 Å². The van der Waals surface area contributed by atoms with Gasteiger partial charge >= 0.3 is 0 Å². The summed E-state index contributed by atoms with van der Waals surface area (Å²) < 4.78 is 20.1. The fraction of sp³-hybridized carbons (Fsp3) is 0.100. The molecule has 1 aromatic carbocycles. The molecule has 0 fully saturated rings. The SMILES string of the molecule is Cc1ncc(COc2cc(/C=C3\Sc4ncccc4C3=O)c(Br)c(F)c2O)cn1. The minimum absolute atomic E-state index is 0.0332. The molecule has 29 heavy (non-hydrogen) atoms. The van der Waals surface area contributed by atoms with Gasteiger partial charge in [-0.05, 0) is 52.7 Å². The molecular weight excluding hydrogens is 461 g/mol. The lowest BCUT2D eigenvalue weighted by molar-refractivity contribution is 0.104. The van der Waals surface area contributed by atoms with Crippen LogP contribution in [0.25, 0.3) is 6.08 Å². The summed E-state index contributed by atoms with van der Waals surface area (Å²) in [5.74, 6) is -1.11. The molecule has 0 saturated heterocycles. The van der Waals surface area contributed by atoms with Crippen LogP contribution in [-0.4, -0.2) is 25.8 Å². The summed E-state index contributed by atoms with van der Waals surface area (Å²) >= 11 is 4.35. The number of nitrogens with zero attached hydrogens (tertiary/aromatic N) is 3. The van der Waals surface area contributed by atoms with Gasteiger partial charge in [0.1, 0.15) is 17.5 Å². The minimum atomic E-state index is -0.874. The Kier molecular flexibility index (Phi) is 5.33. The highest BCUT2D eigenvalue weighted by atomic mass is 79.9. The number of allylic oxidation sites excluding steroid dienone is 1. The van der Waals surface area contributed by atoms with E-state index >= 15 is 0 Å². The Hall–Kier alpha value is -2.78. The van der Waals surface area contributed by atoms with Crippen molar-refractivity contribution < 1.29 is 19.0 Å². The number of aromatic nitrogens is 3. The lowest BCUT2D eigenvalue weighted by atomic mass is 10.1. The number of Topliss-reactive ketones (excluding diaryl/α,β-unsaturated/α-hetero) is 1. The van der Waals surface area contributed by atoms with Crippen LogP contribution in [0, 0.1) is 12.7 Å². The van der Waals surface area contributed by atoms with E-state index in [-0.39, 0.29) is 22.6 Å². The molecule has 1 aliphatic heterocycles. The quantitative estimate of drug-likeness (QED) is 0.549. The van der Waals surface area contributed by atoms with Gasteiger partial charge in [0.15, 0.2) is 17.3 Å². The molecule has 3 heterocycles. The Labute approximate surface area is 178 Å². The molecule has 0 saturated carbocycles. The minimum Gasteiger partial charge on any atom is -0.502 e. The number of hydrogen-bond acceptors (Lipinski definition) is 7. The monoisotopic (exact) mass is 473 g/mol. The number of carbonyl (C=O) groups excluding carboxylic acids is 1. The van der Waals surface area contributed by atoms with E-state index in [9.17, 15) is 14.3 Å². The Bertz CT molecular complexity index is 1150. The molecule has 2 aromatic heterocycles. The predicted octanol–water partition coefficient (Wildman–Crippen LogP) is 4.70. The van der Waals surface area contributed by atoms with Gasteiger partial charge in [0.25, 0.3) is 0 Å². The second-order valence-electron chi connectivity index (χ2n) is 6.16. The smallest absolute Gasteiger partial charge is 0.202 e. The van der Waals surface area contributed by atoms with Gasteiger partial charge < -0.3 is 9.84 Å². The molecule has 0 unspecified atom stereocenters. The predicted molar refractivity (Wildman–Crippen MR) is 109 cm³/mol. The molecule has 0 amide bonds. The summed E-state index contributed by atoms with van der Waals surface area (Å²) in [6.07, 6.45) is 6.34. The topological polar surface area (TPSA) is 85.2 Å². The third-order valence-corrected chi connectivity index (χ3v) is 5.98. The highest BCUT2D eigenvalue weighted by Crippen LogP contribution is 2.42. The summed E-state index contributed by atoms with van der Waals surface area (Å²) in [5, 5.41) is 10.7. The number of aryl methyl sites for hydroxylation is 1. The fourth-order valence-electron chi connectivity index (χ4n) is 2.65. The normalized spacial score (nSPS) is 14.3. The number of rotatable bonds is 4. The standard InChI is InChI=1S/C20H13BrFN3O3S/c1-10-24-7-11(8-25-10)9-28-14-5-12(16(21)17(22)19(14)27)6-15-18(26)13-3-2-4-23-20(13)29-15/h2-8,27H,9H2,1H3/b15-6-. The van der Waals surface area contributed by atoms with Gasteiger partial charge in [0.2, 0.25) is 5.78 Å². The van der Waals surface area contributed by atoms with Crippen LogP contribution in [0.1, 0.15) is 27.3 Å². The summed E-state index contributed by atoms with van der Waals surface area (Å²) in [6.45, 7) is 1.81. The van der Waals surface area contributed by atoms with Crippen LogP contribution in [-0.2, 0) is 6.61 Å². The van der Waals surface area contributed by atoms with Crippen LogP contribution < -0.4 is 4.74 Å². The summed E-state index contributed by atoms with van der Waals surface area (Å²) in [6, 6.07) is 4.86. The zero-order valence-electron chi connectivity index (χ0n) is 15.0. The molecule has 4 rings (SSSR count). The molecule has 0 radical (unpaired) electrons. The van der Waals surface area contributed by atoms with E-state index in [1.807, 2.05) is 0 Å². The number of thioether (sulfide) groups is 1. The second-order valence-corrected chi connectivity index (χ2v) is 7.99. The van der Waals surface area contributed by atoms with Gasteiger partial charge in [-0.2, -0.15) is 0 Å². The second kappa shape index (κ2) is 7.92. The number of benzene rings is 1. The van der Waals surface area contributed by atoms with Crippen LogP contribution in [0.3, 0.4) is 0 Å². The van der Waals surface area contributed by atoms with E-state index in [2.05, 4.69) is 30.9 Å². The molecule has 3 aromatic rings. The molecule has 9 heteroatoms. The van der Waals surface area contributed by atoms with E-state index in [1.54, 1.807) is 43.7 Å². The largest absolute Gasteiger partial charge is 0.502 e. The molecule has 0 bridgehead atoms. The maximum absolute atomic E-state index is 14.5. The van der Waals surface area contributed by atoms with Crippen molar-refractivity contribution in [2.24, 2.45) is 0 Å². The van der Waals surface area contributed by atoms with Gasteiger partial charge in [0.05, 0.1) is 14.9 Å². The first-order valence-corrected chi connectivity index (χ1v) is 10.1. The number of fused-ring (bicyclic) bond motifs is 1. The average Bonchev–Trinajstić information content (AvgIpc) is 3.04. The molecule has 0 spiro atoms. The van der Waals surface area contributed by atoms with Crippen LogP contribution >= 0.6 is 27.7 Å². The number of carbonyl (C=O) groups is 1. The van der Waals surface area contributed by atoms with E-state index in [1.165, 1.54) is 17.8 Å². The van der Waals surface area contributed by atoms with Crippen LogP contribution in [0.2, 0.25) is 0 Å². The van der Waals surface area contributed by atoms with Crippen molar-refractivity contribution in [1.29, 1.82) is 0 Å². The number of phenols is 1. The number of ketones is 1. The Morgan fingerprint density at radius 1 is 1.31 bits per heavy atom. The number of pyridine rings is 1. The molecule has 0 aliphatic carbocycles. The number of halogens is 2. The third-order valence-electron chi connectivity index (χ3n) is 4.14. The first kappa shape index (κ1) is 19.5. The summed E-state index contributed by atoms with van der Waals surface area (Å²) in [5.41, 5.74) is 1.54. The molecule has 0 atom stereocenters. The molecular formula is C20H13BrFN3O3S. The first-order valence-electron chi connectivity index (χ1n) is 8.44. The van der Waals surface area contributed by atoms with Gasteiger partial charge in [-0.1, -0.05) is 11.8 Å². The highest BCUT2D eigenvalue weighted by molar-refractivity contribution is 9.10. The number of hydrogen-bond donors (Lipinski definition) is 1. The van der Waals surface area contributed by atoms with Crippen molar-refractivity contribution in [3.05, 3.63) is 74.5 Å². The maximum Gasteiger partial charge on any atom is 0.202 e. The molecule has 6 nitrogen and oxygen atoms in total. The number of ether oxygens (including phenoxy) is 1. The van der Waals surface area contributed by atoms with Crippen molar-refractivity contribution in [2.75, 3.05) is 0 Å². The highest BCUT2D eigenvalue weighted by Gasteiger charge is 2.27. The number of phenolic OH excluding ortho intramolecular Hbond substituents is 1. The van der Waals surface area contributed by atoms with Crippen LogP contribution in [0.5, 0.6) is 11.5 Å². The Morgan fingerprint density at radius 3 is 2.79 bits per heavy atom. The van der Waals surface area contributed by atoms with Crippen molar-refractivity contribution in [1.82, 2.24) is 15.0 Å². The summed E-state index contributed by atoms with van der Waals surface area (Å²) in [7, 11) is 0. The van der Waals surface area contributed by atoms with Gasteiger partial charge in [-0.3, -0.25) is 4.79 Å². The van der Waals surface area contributed by atoms with E-state index in [0.717, 1.165) is 0 Å². The lowest BCUT2D eigenvalue weighted by Crippen LogP contribution is -2.00. The Balaban J connectivity index is 1.64. The molecule has 1 aliphatic rings. The van der Waals surface area contributed by atoms with Crippen LogP contribution in [0.15, 0.2) is 51.2 Å². The zero-order valence-corrected chi connectivity index (χ0v) is 17.4. The molecule has 146 valence electrons. The number of aromatic hydroxyl groups is 1. The fourth-order valence-corrected chi connectivity index (χ4v) is 4.04. The average molecular weight is 474 g/mol. The van der Waals surface area contributed by atoms with Crippen LogP contribution in [0.4, 0.5) is 4.39 Å². The van der Waals surface area contributed by atoms with E-state index < -0.39 is 11.6 Å². The van der Waals surface area contributed by atoms with E-state index in [4.69, 9.17) is 4.74 Å². The lowest BCUT2D eigenvalue weighted by Gasteiger charge is -2.12. The van der Waals surface area contributed by atoms with Crippen molar-refractivity contribution in [3.8, 4) is 11.5 Å². The van der Waals surface area contributed by atoms with E-state index in [0.29, 0.717) is 32.4 Å².